The van der Waals surface area contributed by atoms with Gasteiger partial charge in [0.2, 0.25) is 5.95 Å². The molecular formula is C20H22N8O. The molecule has 0 bridgehead atoms. The van der Waals surface area contributed by atoms with Gasteiger partial charge in [-0.15, -0.1) is 0 Å². The summed E-state index contributed by atoms with van der Waals surface area (Å²) < 4.78 is 0. The van der Waals surface area contributed by atoms with Crippen molar-refractivity contribution in [3.63, 3.8) is 0 Å². The van der Waals surface area contributed by atoms with Gasteiger partial charge in [0.15, 0.2) is 11.6 Å². The largest absolute Gasteiger partial charge is 0.307 e. The lowest BCUT2D eigenvalue weighted by molar-refractivity contribution is 0.772. The molecule has 0 amide bonds. The summed E-state index contributed by atoms with van der Waals surface area (Å²) in [6.45, 7) is 2.17. The SMILES string of the molecule is CCCCc1cc(Nc2nc(-c3ccc4[nH][nH]c(=O)c4c3)nc(C3CC3)n2)n[nH]1. The van der Waals surface area contributed by atoms with E-state index in [1.54, 1.807) is 6.07 Å². The Bertz CT molecular complexity index is 1220. The zero-order chi connectivity index (χ0) is 19.8. The van der Waals surface area contributed by atoms with Crippen LogP contribution >= 0.6 is 0 Å². The molecule has 0 spiro atoms. The molecule has 3 aromatic heterocycles. The maximum atomic E-state index is 12.0. The van der Waals surface area contributed by atoms with Crippen molar-refractivity contribution in [3.8, 4) is 11.4 Å². The second-order valence-electron chi connectivity index (χ2n) is 7.46. The van der Waals surface area contributed by atoms with Crippen LogP contribution in [0.25, 0.3) is 22.3 Å². The van der Waals surface area contributed by atoms with Gasteiger partial charge in [-0.05, 0) is 43.9 Å². The smallest absolute Gasteiger partial charge is 0.271 e. The first-order chi connectivity index (χ1) is 14.2. The Balaban J connectivity index is 1.49. The van der Waals surface area contributed by atoms with Crippen LogP contribution in [0.5, 0.6) is 0 Å². The number of hydrogen-bond donors (Lipinski definition) is 4. The number of aromatic amines is 3. The summed E-state index contributed by atoms with van der Waals surface area (Å²) in [5, 5.41) is 16.6. The van der Waals surface area contributed by atoms with Crippen LogP contribution in [0.1, 0.15) is 50.0 Å². The van der Waals surface area contributed by atoms with Gasteiger partial charge in [-0.1, -0.05) is 13.3 Å². The summed E-state index contributed by atoms with van der Waals surface area (Å²) in [6, 6.07) is 7.54. The van der Waals surface area contributed by atoms with E-state index in [2.05, 4.69) is 47.6 Å². The minimum atomic E-state index is -0.159. The maximum absolute atomic E-state index is 12.0. The summed E-state index contributed by atoms with van der Waals surface area (Å²) in [6.07, 6.45) is 5.39. The minimum absolute atomic E-state index is 0.159. The normalized spacial score (nSPS) is 13.8. The number of rotatable bonds is 7. The number of anilines is 2. The third kappa shape index (κ3) is 3.63. The highest BCUT2D eigenvalue weighted by Crippen LogP contribution is 2.39. The van der Waals surface area contributed by atoms with Gasteiger partial charge in [-0.3, -0.25) is 20.1 Å². The summed E-state index contributed by atoms with van der Waals surface area (Å²) >= 11 is 0. The van der Waals surface area contributed by atoms with Crippen molar-refractivity contribution in [2.45, 2.75) is 44.9 Å². The number of unbranched alkanes of at least 4 members (excludes halogenated alkanes) is 1. The van der Waals surface area contributed by atoms with Crippen LogP contribution in [0.3, 0.4) is 0 Å². The Morgan fingerprint density at radius 2 is 2.03 bits per heavy atom. The minimum Gasteiger partial charge on any atom is -0.307 e. The first-order valence-corrected chi connectivity index (χ1v) is 9.97. The van der Waals surface area contributed by atoms with Crippen LogP contribution in [0, 0.1) is 0 Å². The number of nitrogens with zero attached hydrogens (tertiary/aromatic N) is 4. The summed E-state index contributed by atoms with van der Waals surface area (Å²) in [5.74, 6) is 2.85. The van der Waals surface area contributed by atoms with Gasteiger partial charge in [0, 0.05) is 23.2 Å². The molecule has 0 saturated heterocycles. The Kier molecular flexibility index (Phi) is 4.34. The molecule has 1 aromatic carbocycles. The lowest BCUT2D eigenvalue weighted by Crippen LogP contribution is -2.05. The number of fused-ring (bicyclic) bond motifs is 1. The molecule has 3 heterocycles. The van der Waals surface area contributed by atoms with Crippen molar-refractivity contribution in [1.29, 1.82) is 0 Å². The molecule has 5 rings (SSSR count). The van der Waals surface area contributed by atoms with E-state index in [-0.39, 0.29) is 5.56 Å². The fourth-order valence-electron chi connectivity index (χ4n) is 3.31. The molecule has 0 unspecified atom stereocenters. The molecule has 0 atom stereocenters. The Morgan fingerprint density at radius 3 is 2.86 bits per heavy atom. The Hall–Kier alpha value is -3.49. The van der Waals surface area contributed by atoms with Crippen LogP contribution in [-0.2, 0) is 6.42 Å². The number of benzene rings is 1. The van der Waals surface area contributed by atoms with Gasteiger partial charge in [0.1, 0.15) is 5.82 Å². The zero-order valence-corrected chi connectivity index (χ0v) is 16.1. The van der Waals surface area contributed by atoms with Gasteiger partial charge in [-0.2, -0.15) is 15.1 Å². The van der Waals surface area contributed by atoms with E-state index < -0.39 is 0 Å². The van der Waals surface area contributed by atoms with Crippen LogP contribution in [0.4, 0.5) is 11.8 Å². The van der Waals surface area contributed by atoms with E-state index in [0.29, 0.717) is 28.9 Å². The highest BCUT2D eigenvalue weighted by Gasteiger charge is 2.28. The molecular weight excluding hydrogens is 368 g/mol. The fraction of sp³-hybridized carbons (Fsp3) is 0.350. The lowest BCUT2D eigenvalue weighted by Gasteiger charge is -2.07. The van der Waals surface area contributed by atoms with Crippen molar-refractivity contribution in [2.75, 3.05) is 5.32 Å². The van der Waals surface area contributed by atoms with Gasteiger partial charge in [0.25, 0.3) is 5.56 Å². The maximum Gasteiger partial charge on any atom is 0.271 e. The van der Waals surface area contributed by atoms with Crippen molar-refractivity contribution in [1.82, 2.24) is 35.3 Å². The van der Waals surface area contributed by atoms with Crippen molar-refractivity contribution in [3.05, 3.63) is 46.1 Å². The number of nitrogens with one attached hydrogen (secondary N) is 4. The molecule has 148 valence electrons. The van der Waals surface area contributed by atoms with Crippen molar-refractivity contribution < 1.29 is 0 Å². The predicted octanol–water partition coefficient (Wildman–Crippen LogP) is 3.39. The van der Waals surface area contributed by atoms with Gasteiger partial charge in [0.05, 0.1) is 10.9 Å². The molecule has 29 heavy (non-hydrogen) atoms. The van der Waals surface area contributed by atoms with Crippen LogP contribution < -0.4 is 10.9 Å². The first kappa shape index (κ1) is 17.6. The van der Waals surface area contributed by atoms with Gasteiger partial charge in [-0.25, -0.2) is 4.98 Å². The van der Waals surface area contributed by atoms with E-state index in [1.165, 1.54) is 0 Å². The van der Waals surface area contributed by atoms with Crippen molar-refractivity contribution in [2.24, 2.45) is 0 Å². The lowest BCUT2D eigenvalue weighted by atomic mass is 10.1. The fourth-order valence-corrected chi connectivity index (χ4v) is 3.31. The van der Waals surface area contributed by atoms with E-state index >= 15 is 0 Å². The third-order valence-corrected chi connectivity index (χ3v) is 5.10. The third-order valence-electron chi connectivity index (χ3n) is 5.10. The molecule has 9 nitrogen and oxygen atoms in total. The number of H-pyrrole nitrogens is 3. The molecule has 4 aromatic rings. The second-order valence-corrected chi connectivity index (χ2v) is 7.46. The molecule has 9 heteroatoms. The second kappa shape index (κ2) is 7.16. The predicted molar refractivity (Wildman–Crippen MR) is 110 cm³/mol. The number of aromatic nitrogens is 7. The summed E-state index contributed by atoms with van der Waals surface area (Å²) in [4.78, 5) is 25.8. The molecule has 0 aliphatic heterocycles. The van der Waals surface area contributed by atoms with Crippen LogP contribution in [0.15, 0.2) is 29.1 Å². The van der Waals surface area contributed by atoms with E-state index in [1.807, 2.05) is 18.2 Å². The van der Waals surface area contributed by atoms with Gasteiger partial charge >= 0.3 is 0 Å². The molecule has 1 aliphatic rings. The first-order valence-electron chi connectivity index (χ1n) is 9.97. The molecule has 1 aliphatic carbocycles. The van der Waals surface area contributed by atoms with E-state index in [9.17, 15) is 4.79 Å². The quantitative estimate of drug-likeness (QED) is 0.383. The van der Waals surface area contributed by atoms with E-state index in [0.717, 1.165) is 54.7 Å². The van der Waals surface area contributed by atoms with Crippen LogP contribution in [0.2, 0.25) is 0 Å². The Labute approximate surface area is 166 Å². The summed E-state index contributed by atoms with van der Waals surface area (Å²) in [7, 11) is 0. The summed E-state index contributed by atoms with van der Waals surface area (Å²) in [5.41, 5.74) is 2.46. The average Bonchev–Trinajstić information content (AvgIpc) is 3.40. The standard InChI is InChI=1S/C20H22N8O/c1-2-3-4-13-10-16(27-25-13)21-20-23-17(11-5-6-11)22-18(24-20)12-7-8-15-14(9-12)19(29)28-26-15/h7-11H,2-6H2,1H3,(H2,26,28,29)(H2,21,22,23,24,25,27). The topological polar surface area (TPSA) is 128 Å². The van der Waals surface area contributed by atoms with Crippen LogP contribution in [-0.4, -0.2) is 35.3 Å². The number of aryl methyl sites for hydroxylation is 1. The van der Waals surface area contributed by atoms with E-state index in [4.69, 9.17) is 0 Å². The Morgan fingerprint density at radius 1 is 1.14 bits per heavy atom. The average molecular weight is 390 g/mol. The zero-order valence-electron chi connectivity index (χ0n) is 16.1. The molecule has 1 fully saturated rings. The highest BCUT2D eigenvalue weighted by molar-refractivity contribution is 5.82. The highest BCUT2D eigenvalue weighted by atomic mass is 16.1. The monoisotopic (exact) mass is 390 g/mol. The molecule has 0 radical (unpaired) electrons. The number of hydrogen-bond acceptors (Lipinski definition) is 6. The molecule has 1 saturated carbocycles. The van der Waals surface area contributed by atoms with Crippen molar-refractivity contribution >= 4 is 22.7 Å². The van der Waals surface area contributed by atoms with Gasteiger partial charge < -0.3 is 5.32 Å². The molecule has 4 N–H and O–H groups in total.